The van der Waals surface area contributed by atoms with Crippen LogP contribution in [0.5, 0.6) is 0 Å². The third-order valence-electron chi connectivity index (χ3n) is 3.18. The van der Waals surface area contributed by atoms with Crippen molar-refractivity contribution >= 4 is 11.6 Å². The van der Waals surface area contributed by atoms with E-state index in [2.05, 4.69) is 11.8 Å². The number of halogens is 1. The molecule has 0 aromatic heterocycles. The number of aliphatic hydroxyl groups is 1. The zero-order valence-corrected chi connectivity index (χ0v) is 11.8. The summed E-state index contributed by atoms with van der Waals surface area (Å²) in [5.41, 5.74) is 0.419. The van der Waals surface area contributed by atoms with E-state index in [4.69, 9.17) is 11.6 Å². The highest BCUT2D eigenvalue weighted by molar-refractivity contribution is 6.30. The Balaban J connectivity index is 2.68. The molecule has 0 spiro atoms. The zero-order chi connectivity index (χ0) is 13.1. The lowest BCUT2D eigenvalue weighted by Crippen LogP contribution is -2.40. The Morgan fingerprint density at radius 1 is 1.29 bits per heavy atom. The Bertz CT molecular complexity index is 346. The maximum absolute atomic E-state index is 10.5. The highest BCUT2D eigenvalue weighted by Crippen LogP contribution is 2.23. The fraction of sp³-hybridized carbons (Fsp3) is 0.571. The molecule has 0 aliphatic heterocycles. The Morgan fingerprint density at radius 3 is 2.29 bits per heavy atom. The van der Waals surface area contributed by atoms with Gasteiger partial charge in [0.25, 0.3) is 0 Å². The monoisotopic (exact) mass is 255 g/mol. The second kappa shape index (κ2) is 5.85. The lowest BCUT2D eigenvalue weighted by atomic mass is 9.84. The summed E-state index contributed by atoms with van der Waals surface area (Å²) in [6.45, 7) is 4.85. The molecule has 0 fully saturated rings. The van der Waals surface area contributed by atoms with E-state index in [1.54, 1.807) is 0 Å². The van der Waals surface area contributed by atoms with Gasteiger partial charge in [0.1, 0.15) is 0 Å². The molecule has 0 aliphatic rings. The molecule has 2 nitrogen and oxygen atoms in total. The first kappa shape index (κ1) is 14.5. The van der Waals surface area contributed by atoms with Gasteiger partial charge in [-0.1, -0.05) is 30.7 Å². The molecule has 17 heavy (non-hydrogen) atoms. The van der Waals surface area contributed by atoms with Crippen LogP contribution in [0, 0.1) is 5.92 Å². The highest BCUT2D eigenvalue weighted by Gasteiger charge is 2.28. The SMILES string of the molecule is C[C@H](CN(C)C)[C@@](C)(O)Cc1ccc(Cl)cc1. The summed E-state index contributed by atoms with van der Waals surface area (Å²) < 4.78 is 0. The molecule has 0 unspecified atom stereocenters. The number of rotatable bonds is 5. The van der Waals surface area contributed by atoms with E-state index in [-0.39, 0.29) is 5.92 Å². The van der Waals surface area contributed by atoms with Crippen molar-refractivity contribution in [1.82, 2.24) is 4.90 Å². The predicted molar refractivity (Wildman–Crippen MR) is 73.5 cm³/mol. The Kier molecular flexibility index (Phi) is 4.99. The van der Waals surface area contributed by atoms with Crippen LogP contribution in [0.3, 0.4) is 0 Å². The molecule has 0 bridgehead atoms. The largest absolute Gasteiger partial charge is 0.390 e. The smallest absolute Gasteiger partial charge is 0.0697 e. The second-order valence-electron chi connectivity index (χ2n) is 5.32. The van der Waals surface area contributed by atoms with Crippen molar-refractivity contribution in [2.75, 3.05) is 20.6 Å². The van der Waals surface area contributed by atoms with Gasteiger partial charge in [0, 0.05) is 18.0 Å². The molecule has 1 rings (SSSR count). The predicted octanol–water partition coefficient (Wildman–Crippen LogP) is 2.83. The average molecular weight is 256 g/mol. The van der Waals surface area contributed by atoms with Gasteiger partial charge in [-0.2, -0.15) is 0 Å². The molecule has 0 radical (unpaired) electrons. The van der Waals surface area contributed by atoms with Crippen LogP contribution in [0.25, 0.3) is 0 Å². The van der Waals surface area contributed by atoms with Gasteiger partial charge in [-0.3, -0.25) is 0 Å². The summed E-state index contributed by atoms with van der Waals surface area (Å²) in [7, 11) is 4.05. The van der Waals surface area contributed by atoms with Crippen LogP contribution in [0.4, 0.5) is 0 Å². The second-order valence-corrected chi connectivity index (χ2v) is 5.76. The average Bonchev–Trinajstić information content (AvgIpc) is 2.20. The minimum Gasteiger partial charge on any atom is -0.390 e. The summed E-state index contributed by atoms with van der Waals surface area (Å²) in [6, 6.07) is 7.67. The molecule has 1 N–H and O–H groups in total. The molecule has 0 heterocycles. The molecule has 0 saturated heterocycles. The summed E-state index contributed by atoms with van der Waals surface area (Å²) >= 11 is 5.85. The fourth-order valence-electron chi connectivity index (χ4n) is 1.93. The molecule has 0 amide bonds. The maximum Gasteiger partial charge on any atom is 0.0697 e. The molecule has 2 atom stereocenters. The van der Waals surface area contributed by atoms with E-state index in [0.717, 1.165) is 17.1 Å². The van der Waals surface area contributed by atoms with Crippen molar-refractivity contribution in [2.24, 2.45) is 5.92 Å². The van der Waals surface area contributed by atoms with Gasteiger partial charge in [-0.15, -0.1) is 0 Å². The maximum atomic E-state index is 10.5. The van der Waals surface area contributed by atoms with E-state index in [0.29, 0.717) is 6.42 Å². The Hall–Kier alpha value is -0.570. The summed E-state index contributed by atoms with van der Waals surface area (Å²) in [5, 5.41) is 11.2. The summed E-state index contributed by atoms with van der Waals surface area (Å²) in [4.78, 5) is 2.10. The number of benzene rings is 1. The van der Waals surface area contributed by atoms with Crippen LogP contribution >= 0.6 is 11.6 Å². The van der Waals surface area contributed by atoms with Crippen molar-refractivity contribution < 1.29 is 5.11 Å². The normalized spacial score (nSPS) is 16.9. The van der Waals surface area contributed by atoms with Gasteiger partial charge < -0.3 is 10.0 Å². The number of hydrogen-bond acceptors (Lipinski definition) is 2. The van der Waals surface area contributed by atoms with Crippen LogP contribution in [0.2, 0.25) is 5.02 Å². The van der Waals surface area contributed by atoms with Crippen LogP contribution in [-0.2, 0) is 6.42 Å². The van der Waals surface area contributed by atoms with Crippen LogP contribution in [0.15, 0.2) is 24.3 Å². The van der Waals surface area contributed by atoms with Gasteiger partial charge in [-0.25, -0.2) is 0 Å². The van der Waals surface area contributed by atoms with Crippen molar-refractivity contribution in [2.45, 2.75) is 25.9 Å². The van der Waals surface area contributed by atoms with Crippen molar-refractivity contribution in [3.05, 3.63) is 34.9 Å². The molecule has 1 aromatic carbocycles. The standard InChI is InChI=1S/C14H22ClNO/c1-11(10-16(3)4)14(2,17)9-12-5-7-13(15)8-6-12/h5-8,11,17H,9-10H2,1-4H3/t11-,14+/m1/s1. The Morgan fingerprint density at radius 2 is 1.82 bits per heavy atom. The molecule has 0 aliphatic carbocycles. The third kappa shape index (κ3) is 4.66. The van der Waals surface area contributed by atoms with Crippen molar-refractivity contribution in [1.29, 1.82) is 0 Å². The van der Waals surface area contributed by atoms with E-state index >= 15 is 0 Å². The quantitative estimate of drug-likeness (QED) is 0.875. The topological polar surface area (TPSA) is 23.5 Å². The lowest BCUT2D eigenvalue weighted by Gasteiger charge is -2.32. The van der Waals surface area contributed by atoms with Gasteiger partial charge in [0.15, 0.2) is 0 Å². The van der Waals surface area contributed by atoms with Crippen LogP contribution in [-0.4, -0.2) is 36.2 Å². The van der Waals surface area contributed by atoms with Crippen LogP contribution in [0.1, 0.15) is 19.4 Å². The minimum atomic E-state index is -0.696. The molecule has 3 heteroatoms. The van der Waals surface area contributed by atoms with Gasteiger partial charge in [0.05, 0.1) is 5.60 Å². The van der Waals surface area contributed by atoms with E-state index < -0.39 is 5.60 Å². The molecular formula is C14H22ClNO. The first-order valence-electron chi connectivity index (χ1n) is 5.93. The zero-order valence-electron chi connectivity index (χ0n) is 11.1. The molecule has 1 aromatic rings. The third-order valence-corrected chi connectivity index (χ3v) is 3.43. The van der Waals surface area contributed by atoms with E-state index in [1.165, 1.54) is 0 Å². The van der Waals surface area contributed by atoms with Crippen molar-refractivity contribution in [3.8, 4) is 0 Å². The number of nitrogens with zero attached hydrogens (tertiary/aromatic N) is 1. The Labute approximate surface area is 109 Å². The minimum absolute atomic E-state index is 0.216. The summed E-state index contributed by atoms with van der Waals surface area (Å²) in [6.07, 6.45) is 0.652. The fourth-order valence-corrected chi connectivity index (χ4v) is 2.06. The van der Waals surface area contributed by atoms with Gasteiger partial charge >= 0.3 is 0 Å². The molecular weight excluding hydrogens is 234 g/mol. The summed E-state index contributed by atoms with van der Waals surface area (Å²) in [5.74, 6) is 0.216. The molecule has 96 valence electrons. The number of hydrogen-bond donors (Lipinski definition) is 1. The van der Waals surface area contributed by atoms with Gasteiger partial charge in [-0.05, 0) is 44.6 Å². The van der Waals surface area contributed by atoms with E-state index in [1.807, 2.05) is 45.3 Å². The first-order valence-corrected chi connectivity index (χ1v) is 6.30. The molecule has 0 saturated carbocycles. The van der Waals surface area contributed by atoms with Gasteiger partial charge in [0.2, 0.25) is 0 Å². The highest BCUT2D eigenvalue weighted by atomic mass is 35.5. The van der Waals surface area contributed by atoms with Crippen molar-refractivity contribution in [3.63, 3.8) is 0 Å². The van der Waals surface area contributed by atoms with E-state index in [9.17, 15) is 5.11 Å². The van der Waals surface area contributed by atoms with Crippen LogP contribution < -0.4 is 0 Å². The first-order chi connectivity index (χ1) is 7.81. The lowest BCUT2D eigenvalue weighted by molar-refractivity contribution is -0.00259.